The van der Waals surface area contributed by atoms with Crippen LogP contribution in [0, 0.1) is 0 Å². The first-order chi connectivity index (χ1) is 9.37. The van der Waals surface area contributed by atoms with Crippen LogP contribution < -0.4 is 0 Å². The van der Waals surface area contributed by atoms with Gasteiger partial charge < -0.3 is 10.2 Å². The molecule has 0 saturated carbocycles. The van der Waals surface area contributed by atoms with Gasteiger partial charge in [-0.15, -0.1) is 0 Å². The topological polar surface area (TPSA) is 40.5 Å². The Labute approximate surface area is 113 Å². The van der Waals surface area contributed by atoms with Crippen LogP contribution in [0.25, 0.3) is 0 Å². The van der Waals surface area contributed by atoms with Gasteiger partial charge in [0.15, 0.2) is 0 Å². The van der Waals surface area contributed by atoms with Gasteiger partial charge in [-0.1, -0.05) is 0 Å². The van der Waals surface area contributed by atoms with Gasteiger partial charge in [0.05, 0.1) is 0 Å². The molecule has 0 spiro atoms. The molecule has 0 aliphatic rings. The summed E-state index contributed by atoms with van der Waals surface area (Å²) in [6.07, 6.45) is 0. The molecule has 0 aliphatic carbocycles. The van der Waals surface area contributed by atoms with Crippen LogP contribution >= 0.6 is 0 Å². The zero-order valence-electron chi connectivity index (χ0n) is 9.84. The molecular weight excluding hydrogens is 356 g/mol. The van der Waals surface area contributed by atoms with Crippen molar-refractivity contribution < 1.29 is 62.9 Å². The maximum absolute atomic E-state index is 12.8. The Morgan fingerprint density at radius 1 is 0.409 bits per heavy atom. The third-order valence-corrected chi connectivity index (χ3v) is 2.50. The predicted molar refractivity (Wildman–Crippen MR) is 43.9 cm³/mol. The first kappa shape index (κ1) is 21.1. The molecule has 0 aromatic carbocycles. The quantitative estimate of drug-likeness (QED) is 0.684. The van der Waals surface area contributed by atoms with Gasteiger partial charge in [-0.3, -0.25) is 0 Å². The standard InChI is InChI=1S/C8H6F12O2/c9-3(10,1-21)5(13,14)7(17,18)8(19,20)6(15,16)4(11,12)2-22/h21-22H,1-2H2. The van der Waals surface area contributed by atoms with Crippen LogP contribution in [0.1, 0.15) is 0 Å². The second-order valence-corrected chi connectivity index (χ2v) is 4.02. The second kappa shape index (κ2) is 5.32. The van der Waals surface area contributed by atoms with Crippen molar-refractivity contribution in [3.63, 3.8) is 0 Å². The minimum absolute atomic E-state index is 3.16. The van der Waals surface area contributed by atoms with Gasteiger partial charge in [-0.2, -0.15) is 52.7 Å². The van der Waals surface area contributed by atoms with Gasteiger partial charge in [-0.25, -0.2) is 0 Å². The van der Waals surface area contributed by atoms with E-state index in [4.69, 9.17) is 10.2 Å². The summed E-state index contributed by atoms with van der Waals surface area (Å²) in [5.74, 6) is -42.7. The van der Waals surface area contributed by atoms with Gasteiger partial charge in [0.25, 0.3) is 0 Å². The Morgan fingerprint density at radius 3 is 0.727 bits per heavy atom. The fourth-order valence-corrected chi connectivity index (χ4v) is 1.05. The third-order valence-electron chi connectivity index (χ3n) is 2.50. The van der Waals surface area contributed by atoms with Crippen molar-refractivity contribution in [3.8, 4) is 0 Å². The first-order valence-electron chi connectivity index (χ1n) is 4.86. The molecule has 0 amide bonds. The molecule has 0 aromatic heterocycles. The van der Waals surface area contributed by atoms with E-state index in [9.17, 15) is 52.7 Å². The lowest BCUT2D eigenvalue weighted by atomic mass is 9.92. The minimum Gasteiger partial charge on any atom is -0.390 e. The molecule has 0 saturated heterocycles. The van der Waals surface area contributed by atoms with Crippen molar-refractivity contribution in [1.82, 2.24) is 0 Å². The van der Waals surface area contributed by atoms with E-state index in [0.29, 0.717) is 0 Å². The highest BCUT2D eigenvalue weighted by Crippen LogP contribution is 2.59. The van der Waals surface area contributed by atoms with Crippen LogP contribution in [0.3, 0.4) is 0 Å². The van der Waals surface area contributed by atoms with Crippen molar-refractivity contribution in [2.45, 2.75) is 35.5 Å². The van der Waals surface area contributed by atoms with E-state index in [1.165, 1.54) is 0 Å². The smallest absolute Gasteiger partial charge is 0.384 e. The molecule has 0 fully saturated rings. The highest BCUT2D eigenvalue weighted by molar-refractivity contribution is 5.11. The van der Waals surface area contributed by atoms with Gasteiger partial charge in [0, 0.05) is 0 Å². The summed E-state index contributed by atoms with van der Waals surface area (Å²) in [5.41, 5.74) is 0. The molecule has 0 bridgehead atoms. The second-order valence-electron chi connectivity index (χ2n) is 4.02. The van der Waals surface area contributed by atoms with Crippen molar-refractivity contribution in [3.05, 3.63) is 0 Å². The number of alkyl halides is 12. The van der Waals surface area contributed by atoms with E-state index in [1.54, 1.807) is 0 Å². The fraction of sp³-hybridized carbons (Fsp3) is 1.00. The average molecular weight is 362 g/mol. The van der Waals surface area contributed by atoms with Crippen molar-refractivity contribution in [2.75, 3.05) is 13.2 Å². The predicted octanol–water partition coefficient (Wildman–Crippen LogP) is 2.78. The lowest BCUT2D eigenvalue weighted by Crippen LogP contribution is -2.71. The fourth-order valence-electron chi connectivity index (χ4n) is 1.05. The van der Waals surface area contributed by atoms with E-state index in [1.807, 2.05) is 0 Å². The molecule has 0 aromatic rings. The summed E-state index contributed by atoms with van der Waals surface area (Å²) in [6.45, 7) is -6.32. The Morgan fingerprint density at radius 2 is 0.591 bits per heavy atom. The van der Waals surface area contributed by atoms with Crippen LogP contribution in [-0.4, -0.2) is 59.0 Å². The van der Waals surface area contributed by atoms with E-state index < -0.39 is 48.7 Å². The van der Waals surface area contributed by atoms with E-state index in [-0.39, 0.29) is 0 Å². The number of rotatable bonds is 7. The highest BCUT2D eigenvalue weighted by atomic mass is 19.4. The van der Waals surface area contributed by atoms with Crippen molar-refractivity contribution >= 4 is 0 Å². The molecule has 0 heterocycles. The summed E-state index contributed by atoms with van der Waals surface area (Å²) >= 11 is 0. The molecule has 0 atom stereocenters. The number of halogens is 12. The number of aliphatic hydroxyl groups is 2. The lowest BCUT2D eigenvalue weighted by Gasteiger charge is -2.40. The Kier molecular flexibility index (Phi) is 5.09. The van der Waals surface area contributed by atoms with E-state index in [0.717, 1.165) is 0 Å². The maximum Gasteiger partial charge on any atom is 0.384 e. The molecular formula is C8H6F12O2. The zero-order chi connectivity index (χ0) is 18.4. The summed E-state index contributed by atoms with van der Waals surface area (Å²) < 4.78 is 152. The molecule has 0 aliphatic heterocycles. The van der Waals surface area contributed by atoms with Gasteiger partial charge in [0.2, 0.25) is 0 Å². The average Bonchev–Trinajstić information content (AvgIpc) is 2.37. The molecule has 14 heteroatoms. The van der Waals surface area contributed by atoms with E-state index >= 15 is 0 Å². The third kappa shape index (κ3) is 2.49. The number of hydrogen-bond donors (Lipinski definition) is 2. The van der Waals surface area contributed by atoms with Crippen LogP contribution in [0.2, 0.25) is 0 Å². The van der Waals surface area contributed by atoms with Gasteiger partial charge >= 0.3 is 35.5 Å². The molecule has 2 nitrogen and oxygen atoms in total. The van der Waals surface area contributed by atoms with Gasteiger partial charge in [-0.05, 0) is 0 Å². The summed E-state index contributed by atoms with van der Waals surface area (Å²) in [4.78, 5) is 0. The highest BCUT2D eigenvalue weighted by Gasteiger charge is 2.89. The molecule has 0 unspecified atom stereocenters. The van der Waals surface area contributed by atoms with Crippen molar-refractivity contribution in [1.29, 1.82) is 0 Å². The molecule has 0 rings (SSSR count). The van der Waals surface area contributed by atoms with Crippen LogP contribution in [0.4, 0.5) is 52.7 Å². The SMILES string of the molecule is OCC(F)(F)C(F)(F)C(F)(F)C(F)(F)C(F)(F)C(F)(F)CO. The molecule has 134 valence electrons. The zero-order valence-corrected chi connectivity index (χ0v) is 9.84. The van der Waals surface area contributed by atoms with Crippen LogP contribution in [-0.2, 0) is 0 Å². The lowest BCUT2D eigenvalue weighted by molar-refractivity contribution is -0.428. The summed E-state index contributed by atoms with van der Waals surface area (Å²) in [7, 11) is 0. The Balaban J connectivity index is 6.19. The van der Waals surface area contributed by atoms with Gasteiger partial charge in [0.1, 0.15) is 13.2 Å². The number of hydrogen-bond acceptors (Lipinski definition) is 2. The Hall–Kier alpha value is -0.920. The number of aliphatic hydroxyl groups excluding tert-OH is 2. The summed E-state index contributed by atoms with van der Waals surface area (Å²) in [6, 6.07) is 0. The molecule has 2 N–H and O–H groups in total. The normalized spacial score (nSPS) is 16.1. The Bertz CT molecular complexity index is 366. The molecule has 0 radical (unpaired) electrons. The van der Waals surface area contributed by atoms with Crippen LogP contribution in [0.15, 0.2) is 0 Å². The van der Waals surface area contributed by atoms with E-state index in [2.05, 4.69) is 0 Å². The first-order valence-corrected chi connectivity index (χ1v) is 4.86. The molecule has 22 heavy (non-hydrogen) atoms. The largest absolute Gasteiger partial charge is 0.390 e. The maximum atomic E-state index is 12.8. The minimum atomic E-state index is -7.70. The monoisotopic (exact) mass is 362 g/mol. The van der Waals surface area contributed by atoms with Crippen molar-refractivity contribution in [2.24, 2.45) is 0 Å². The summed E-state index contributed by atoms with van der Waals surface area (Å²) in [5, 5.41) is 15.6. The van der Waals surface area contributed by atoms with Crippen LogP contribution in [0.5, 0.6) is 0 Å².